The molecule has 0 aromatic rings. The van der Waals surface area contributed by atoms with Gasteiger partial charge in [0.15, 0.2) is 0 Å². The molecule has 6 nitrogen and oxygen atoms in total. The van der Waals surface area contributed by atoms with Gasteiger partial charge in [0.25, 0.3) is 0 Å². The van der Waals surface area contributed by atoms with Gasteiger partial charge in [-0.05, 0) is 19.4 Å². The van der Waals surface area contributed by atoms with Gasteiger partial charge in [0, 0.05) is 32.0 Å². The molecule has 0 saturated carbocycles. The summed E-state index contributed by atoms with van der Waals surface area (Å²) in [7, 11) is 0. The number of hydrogen-bond acceptors (Lipinski definition) is 5. The second kappa shape index (κ2) is 12.6. The van der Waals surface area contributed by atoms with Gasteiger partial charge in [0.2, 0.25) is 0 Å². The second-order valence-electron chi connectivity index (χ2n) is 7.09. The molecule has 1 rings (SSSR count). The molecule has 0 radical (unpaired) electrons. The molecule has 0 spiro atoms. The number of carboxylic acids is 1. The first-order valence-electron chi connectivity index (χ1n) is 9.45. The molecule has 1 fully saturated rings. The van der Waals surface area contributed by atoms with Crippen LogP contribution in [0.3, 0.4) is 0 Å². The van der Waals surface area contributed by atoms with Gasteiger partial charge >= 0.3 is 5.97 Å². The molecule has 1 saturated heterocycles. The minimum atomic E-state index is -0.804. The molecule has 0 aromatic carbocycles. The highest BCUT2D eigenvalue weighted by atomic mass is 16.4. The minimum Gasteiger partial charge on any atom is -0.481 e. The van der Waals surface area contributed by atoms with Gasteiger partial charge in [-0.1, -0.05) is 44.9 Å². The maximum absolute atomic E-state index is 10.4. The van der Waals surface area contributed by atoms with Crippen molar-refractivity contribution < 1.29 is 25.2 Å². The normalized spacial score (nSPS) is 25.0. The zero-order valence-electron chi connectivity index (χ0n) is 14.8. The number of aliphatic hydroxyl groups is 3. The number of nitrogens with zero attached hydrogens (tertiary/aromatic N) is 1. The molecule has 0 aliphatic carbocycles. The molecule has 24 heavy (non-hydrogen) atoms. The Balaban J connectivity index is 1.92. The molecule has 0 amide bonds. The van der Waals surface area contributed by atoms with Crippen LogP contribution in [-0.2, 0) is 4.79 Å². The summed E-state index contributed by atoms with van der Waals surface area (Å²) in [6, 6.07) is 0. The quantitative estimate of drug-likeness (QED) is 0.378. The summed E-state index contributed by atoms with van der Waals surface area (Å²) in [6.45, 7) is 1.98. The number of unbranched alkanes of at least 4 members (excludes halogenated alkanes) is 8. The van der Waals surface area contributed by atoms with Crippen LogP contribution in [0.2, 0.25) is 0 Å². The Morgan fingerprint density at radius 2 is 1.42 bits per heavy atom. The average molecular weight is 345 g/mol. The molecule has 1 heterocycles. The van der Waals surface area contributed by atoms with E-state index in [0.29, 0.717) is 19.5 Å². The standard InChI is InChI=1S/C18H35NO5/c20-14-15-12-19(13-16(21)18(15)24)11-9-7-5-3-1-2-4-6-8-10-17(22)23/h15-16,18,20-21,24H,1-14H2,(H,22,23)/t15-,16-,18-/m0/s1. The van der Waals surface area contributed by atoms with Crippen molar-refractivity contribution in [1.82, 2.24) is 4.90 Å². The van der Waals surface area contributed by atoms with Crippen LogP contribution >= 0.6 is 0 Å². The Morgan fingerprint density at radius 3 is 1.96 bits per heavy atom. The van der Waals surface area contributed by atoms with Gasteiger partial charge in [-0.3, -0.25) is 4.79 Å². The summed E-state index contributed by atoms with van der Waals surface area (Å²) in [4.78, 5) is 12.5. The second-order valence-corrected chi connectivity index (χ2v) is 7.09. The number of hydrogen-bond donors (Lipinski definition) is 4. The summed E-state index contributed by atoms with van der Waals surface area (Å²) in [5.41, 5.74) is 0. The van der Waals surface area contributed by atoms with Crippen LogP contribution in [0, 0.1) is 5.92 Å². The van der Waals surface area contributed by atoms with Crippen molar-refractivity contribution in [2.45, 2.75) is 76.4 Å². The summed E-state index contributed by atoms with van der Waals surface area (Å²) in [6.07, 6.45) is 8.75. The Hall–Kier alpha value is -0.690. The van der Waals surface area contributed by atoms with Gasteiger partial charge in [-0.25, -0.2) is 0 Å². The van der Waals surface area contributed by atoms with E-state index in [-0.39, 0.29) is 12.5 Å². The topological polar surface area (TPSA) is 101 Å². The molecule has 3 atom stereocenters. The summed E-state index contributed by atoms with van der Waals surface area (Å²) < 4.78 is 0. The fourth-order valence-electron chi connectivity index (χ4n) is 3.40. The molecule has 0 aromatic heterocycles. The maximum Gasteiger partial charge on any atom is 0.303 e. The van der Waals surface area contributed by atoms with Crippen LogP contribution in [0.4, 0.5) is 0 Å². The SMILES string of the molecule is O=C(O)CCCCCCCCCCCN1C[C@@H](CO)[C@H](O)[C@@H](O)C1. The van der Waals surface area contributed by atoms with Crippen molar-refractivity contribution >= 4 is 5.97 Å². The van der Waals surface area contributed by atoms with Crippen molar-refractivity contribution in [2.75, 3.05) is 26.2 Å². The van der Waals surface area contributed by atoms with E-state index < -0.39 is 18.2 Å². The van der Waals surface area contributed by atoms with Gasteiger partial charge in [-0.2, -0.15) is 0 Å². The highest BCUT2D eigenvalue weighted by Gasteiger charge is 2.33. The maximum atomic E-state index is 10.4. The first kappa shape index (κ1) is 21.4. The molecular weight excluding hydrogens is 310 g/mol. The smallest absolute Gasteiger partial charge is 0.303 e. The number of aliphatic hydroxyl groups excluding tert-OH is 3. The third-order valence-electron chi connectivity index (χ3n) is 4.91. The lowest BCUT2D eigenvalue weighted by atomic mass is 9.93. The number of piperidine rings is 1. The van der Waals surface area contributed by atoms with Crippen molar-refractivity contribution in [3.05, 3.63) is 0 Å². The van der Waals surface area contributed by atoms with E-state index in [0.717, 1.165) is 38.6 Å². The number of aliphatic carboxylic acids is 1. The summed E-state index contributed by atoms with van der Waals surface area (Å²) in [5, 5.41) is 37.4. The van der Waals surface area contributed by atoms with Crippen LogP contribution in [0.15, 0.2) is 0 Å². The molecule has 142 valence electrons. The number of rotatable bonds is 13. The summed E-state index contributed by atoms with van der Waals surface area (Å²) >= 11 is 0. The minimum absolute atomic E-state index is 0.0822. The van der Waals surface area contributed by atoms with Gasteiger partial charge < -0.3 is 25.3 Å². The van der Waals surface area contributed by atoms with E-state index in [9.17, 15) is 20.1 Å². The Labute approximate surface area is 145 Å². The first-order valence-corrected chi connectivity index (χ1v) is 9.45. The number of carbonyl (C=O) groups is 1. The lowest BCUT2D eigenvalue weighted by molar-refractivity contribution is -0.137. The van der Waals surface area contributed by atoms with Crippen LogP contribution in [0.1, 0.15) is 64.2 Å². The lowest BCUT2D eigenvalue weighted by Crippen LogP contribution is -2.53. The predicted octanol–water partition coefficient (Wildman–Crippen LogP) is 1.62. The van der Waals surface area contributed by atoms with Crippen molar-refractivity contribution in [3.63, 3.8) is 0 Å². The van der Waals surface area contributed by atoms with Crippen LogP contribution < -0.4 is 0 Å². The molecule has 0 unspecified atom stereocenters. The molecule has 6 heteroatoms. The van der Waals surface area contributed by atoms with Gasteiger partial charge in [0.1, 0.15) is 0 Å². The van der Waals surface area contributed by atoms with Crippen molar-refractivity contribution in [1.29, 1.82) is 0 Å². The third kappa shape index (κ3) is 8.97. The van der Waals surface area contributed by atoms with Gasteiger partial charge in [-0.15, -0.1) is 0 Å². The molecular formula is C18H35NO5. The van der Waals surface area contributed by atoms with E-state index in [1.807, 2.05) is 0 Å². The zero-order chi connectivity index (χ0) is 17.8. The Morgan fingerprint density at radius 1 is 0.875 bits per heavy atom. The largest absolute Gasteiger partial charge is 0.481 e. The number of β-amino-alcohol motifs (C(OH)–C–C–N with tert-alkyl or cyclic N) is 1. The van der Waals surface area contributed by atoms with Crippen molar-refractivity contribution in [3.8, 4) is 0 Å². The van der Waals surface area contributed by atoms with E-state index in [4.69, 9.17) is 5.11 Å². The van der Waals surface area contributed by atoms with Crippen LogP contribution in [-0.4, -0.2) is 69.7 Å². The highest BCUT2D eigenvalue weighted by molar-refractivity contribution is 5.66. The van der Waals surface area contributed by atoms with E-state index in [1.165, 1.54) is 25.7 Å². The van der Waals surface area contributed by atoms with E-state index >= 15 is 0 Å². The molecule has 1 aliphatic heterocycles. The third-order valence-corrected chi connectivity index (χ3v) is 4.91. The Kier molecular flexibility index (Phi) is 11.2. The van der Waals surface area contributed by atoms with Crippen molar-refractivity contribution in [2.24, 2.45) is 5.92 Å². The highest BCUT2D eigenvalue weighted by Crippen LogP contribution is 2.18. The number of likely N-dealkylation sites (tertiary alicyclic amines) is 1. The Bertz CT molecular complexity index is 339. The fourth-order valence-corrected chi connectivity index (χ4v) is 3.40. The van der Waals surface area contributed by atoms with Gasteiger partial charge in [0.05, 0.1) is 12.2 Å². The molecule has 4 N–H and O–H groups in total. The fraction of sp³-hybridized carbons (Fsp3) is 0.944. The zero-order valence-corrected chi connectivity index (χ0v) is 14.8. The summed E-state index contributed by atoms with van der Waals surface area (Å²) in [5.74, 6) is -0.939. The monoisotopic (exact) mass is 345 g/mol. The average Bonchev–Trinajstić information content (AvgIpc) is 2.55. The molecule has 0 bridgehead atoms. The first-order chi connectivity index (χ1) is 11.5. The number of carboxylic acid groups (broad SMARTS) is 1. The predicted molar refractivity (Wildman–Crippen MR) is 92.8 cm³/mol. The van der Waals surface area contributed by atoms with Crippen LogP contribution in [0.5, 0.6) is 0 Å². The molecule has 1 aliphatic rings. The van der Waals surface area contributed by atoms with Crippen LogP contribution in [0.25, 0.3) is 0 Å². The van der Waals surface area contributed by atoms with E-state index in [1.54, 1.807) is 0 Å². The lowest BCUT2D eigenvalue weighted by Gasteiger charge is -2.38. The van der Waals surface area contributed by atoms with E-state index in [2.05, 4.69) is 4.90 Å².